The molecule has 1 N–H and O–H groups in total. The number of carbonyl (C=O) groups is 1. The second-order valence-corrected chi connectivity index (χ2v) is 5.12. The summed E-state index contributed by atoms with van der Waals surface area (Å²) in [6, 6.07) is 0. The van der Waals surface area contributed by atoms with Gasteiger partial charge in [0.2, 0.25) is 0 Å². The minimum Gasteiger partial charge on any atom is -0.481 e. The number of hydrogen-bond acceptors (Lipinski definition) is 3. The van der Waals surface area contributed by atoms with Crippen LogP contribution < -0.4 is 0 Å². The molecule has 1 aromatic rings. The van der Waals surface area contributed by atoms with Gasteiger partial charge in [0.15, 0.2) is 0 Å². The molecule has 1 aromatic heterocycles. The maximum atomic E-state index is 10.3. The smallest absolute Gasteiger partial charge is 0.303 e. The molecule has 0 bridgehead atoms. The summed E-state index contributed by atoms with van der Waals surface area (Å²) in [5.41, 5.74) is 0. The highest BCUT2D eigenvalue weighted by Gasteiger charge is 1.98. The summed E-state index contributed by atoms with van der Waals surface area (Å²) in [4.78, 5) is 18.6. The topological polar surface area (TPSA) is 63.1 Å². The predicted octanol–water partition coefficient (Wildman–Crippen LogP) is 3.88. The van der Waals surface area contributed by atoms with Crippen LogP contribution in [-0.4, -0.2) is 21.0 Å². The molecule has 0 fully saturated rings. The van der Waals surface area contributed by atoms with Crippen molar-refractivity contribution in [2.75, 3.05) is 0 Å². The minimum absolute atomic E-state index is 0.300. The molecular weight excluding hydrogens is 264 g/mol. The summed E-state index contributed by atoms with van der Waals surface area (Å²) in [5.74, 6) is 0.161. The van der Waals surface area contributed by atoms with E-state index in [2.05, 4.69) is 9.97 Å². The zero-order chi connectivity index (χ0) is 13.9. The Hall–Kier alpha value is -1.16. The van der Waals surface area contributed by atoms with E-state index in [1.54, 1.807) is 12.4 Å². The summed E-state index contributed by atoms with van der Waals surface area (Å²) < 4.78 is 0. The van der Waals surface area contributed by atoms with Crippen LogP contribution >= 0.6 is 11.6 Å². The first-order valence-corrected chi connectivity index (χ1v) is 7.24. The van der Waals surface area contributed by atoms with E-state index < -0.39 is 5.97 Å². The van der Waals surface area contributed by atoms with Crippen molar-refractivity contribution in [3.05, 3.63) is 23.2 Å². The largest absolute Gasteiger partial charge is 0.481 e. The lowest BCUT2D eigenvalue weighted by atomic mass is 10.1. The Morgan fingerprint density at radius 1 is 1.00 bits per heavy atom. The quantitative estimate of drug-likeness (QED) is 0.662. The van der Waals surface area contributed by atoms with Crippen molar-refractivity contribution in [2.24, 2.45) is 0 Å². The minimum atomic E-state index is -0.692. The van der Waals surface area contributed by atoms with Gasteiger partial charge in [0.05, 0.1) is 5.02 Å². The highest BCUT2D eigenvalue weighted by atomic mass is 35.5. The van der Waals surface area contributed by atoms with Crippen LogP contribution in [0.5, 0.6) is 0 Å². The van der Waals surface area contributed by atoms with Crippen LogP contribution in [0, 0.1) is 0 Å². The molecule has 19 heavy (non-hydrogen) atoms. The number of aromatic nitrogens is 2. The Labute approximate surface area is 119 Å². The lowest BCUT2D eigenvalue weighted by Gasteiger charge is -2.01. The number of unbranched alkanes of at least 4 members (excludes halogenated alkanes) is 6. The van der Waals surface area contributed by atoms with Crippen molar-refractivity contribution in [2.45, 2.75) is 57.8 Å². The predicted molar refractivity (Wildman–Crippen MR) is 75.3 cm³/mol. The highest BCUT2D eigenvalue weighted by Crippen LogP contribution is 2.10. The van der Waals surface area contributed by atoms with E-state index in [9.17, 15) is 4.79 Å². The van der Waals surface area contributed by atoms with Crippen molar-refractivity contribution in [3.63, 3.8) is 0 Å². The Kier molecular flexibility index (Phi) is 8.14. The first kappa shape index (κ1) is 15.9. The summed E-state index contributed by atoms with van der Waals surface area (Å²) >= 11 is 5.71. The molecule has 0 unspecified atom stereocenters. The van der Waals surface area contributed by atoms with Crippen LogP contribution in [0.1, 0.15) is 57.2 Å². The van der Waals surface area contributed by atoms with Gasteiger partial charge in [0.1, 0.15) is 5.82 Å². The summed E-state index contributed by atoms with van der Waals surface area (Å²) in [6.07, 6.45) is 12.1. The van der Waals surface area contributed by atoms with Gasteiger partial charge >= 0.3 is 5.97 Å². The molecule has 0 saturated carbocycles. The van der Waals surface area contributed by atoms with E-state index in [0.29, 0.717) is 11.4 Å². The highest BCUT2D eigenvalue weighted by molar-refractivity contribution is 6.30. The third kappa shape index (κ3) is 8.54. The molecule has 0 aromatic carbocycles. The fraction of sp³-hybridized carbons (Fsp3) is 0.643. The first-order chi connectivity index (χ1) is 9.18. The normalized spacial score (nSPS) is 10.6. The monoisotopic (exact) mass is 284 g/mol. The molecule has 106 valence electrons. The molecule has 4 nitrogen and oxygen atoms in total. The van der Waals surface area contributed by atoms with Crippen LogP contribution in [0.3, 0.4) is 0 Å². The van der Waals surface area contributed by atoms with Gasteiger partial charge in [-0.2, -0.15) is 0 Å². The van der Waals surface area contributed by atoms with Gasteiger partial charge in [0, 0.05) is 25.2 Å². The van der Waals surface area contributed by atoms with Gasteiger partial charge in [-0.05, 0) is 12.8 Å². The first-order valence-electron chi connectivity index (χ1n) is 6.86. The van der Waals surface area contributed by atoms with E-state index in [4.69, 9.17) is 16.7 Å². The molecule has 0 atom stereocenters. The van der Waals surface area contributed by atoms with Crippen LogP contribution in [0.4, 0.5) is 0 Å². The van der Waals surface area contributed by atoms with Gasteiger partial charge in [-0.1, -0.05) is 43.7 Å². The van der Waals surface area contributed by atoms with E-state index in [0.717, 1.165) is 37.9 Å². The third-order valence-electron chi connectivity index (χ3n) is 2.96. The second-order valence-electron chi connectivity index (χ2n) is 4.69. The molecule has 0 radical (unpaired) electrons. The number of hydrogen-bond donors (Lipinski definition) is 1. The average molecular weight is 285 g/mol. The van der Waals surface area contributed by atoms with Crippen LogP contribution in [0.2, 0.25) is 5.02 Å². The molecule has 0 aliphatic carbocycles. The van der Waals surface area contributed by atoms with Gasteiger partial charge in [-0.15, -0.1) is 0 Å². The Morgan fingerprint density at radius 3 is 2.11 bits per heavy atom. The van der Waals surface area contributed by atoms with E-state index >= 15 is 0 Å². The number of nitrogens with zero attached hydrogens (tertiary/aromatic N) is 2. The summed E-state index contributed by atoms with van der Waals surface area (Å²) in [7, 11) is 0. The summed E-state index contributed by atoms with van der Waals surface area (Å²) in [6.45, 7) is 0. The zero-order valence-electron chi connectivity index (χ0n) is 11.1. The number of rotatable bonds is 10. The van der Waals surface area contributed by atoms with E-state index in [-0.39, 0.29) is 0 Å². The maximum absolute atomic E-state index is 10.3. The average Bonchev–Trinajstić information content (AvgIpc) is 2.38. The second kappa shape index (κ2) is 9.73. The zero-order valence-corrected chi connectivity index (χ0v) is 11.9. The molecule has 0 amide bonds. The van der Waals surface area contributed by atoms with Crippen molar-refractivity contribution in [1.29, 1.82) is 0 Å². The molecular formula is C14H21ClN2O2. The van der Waals surface area contributed by atoms with Crippen molar-refractivity contribution < 1.29 is 9.90 Å². The fourth-order valence-corrected chi connectivity index (χ4v) is 2.01. The SMILES string of the molecule is O=C(O)CCCCCCCCCc1ncc(Cl)cn1. The standard InChI is InChI=1S/C14H21ClN2O2/c15-12-10-16-13(17-11-12)8-6-4-2-1-3-5-7-9-14(18)19/h10-11H,1-9H2,(H,18,19). The fourth-order valence-electron chi connectivity index (χ4n) is 1.91. The molecule has 0 saturated heterocycles. The Morgan fingerprint density at radius 2 is 1.53 bits per heavy atom. The van der Waals surface area contributed by atoms with Crippen LogP contribution in [0.15, 0.2) is 12.4 Å². The molecule has 0 spiro atoms. The summed E-state index contributed by atoms with van der Waals surface area (Å²) in [5, 5.41) is 9.07. The number of halogens is 1. The maximum Gasteiger partial charge on any atom is 0.303 e. The van der Waals surface area contributed by atoms with Crippen LogP contribution in [-0.2, 0) is 11.2 Å². The Bertz CT molecular complexity index is 368. The lowest BCUT2D eigenvalue weighted by molar-refractivity contribution is -0.137. The molecule has 5 heteroatoms. The lowest BCUT2D eigenvalue weighted by Crippen LogP contribution is -1.94. The molecule has 0 aliphatic heterocycles. The van der Waals surface area contributed by atoms with Crippen LogP contribution in [0.25, 0.3) is 0 Å². The van der Waals surface area contributed by atoms with Gasteiger partial charge in [-0.25, -0.2) is 9.97 Å². The van der Waals surface area contributed by atoms with Gasteiger partial charge in [0.25, 0.3) is 0 Å². The third-order valence-corrected chi connectivity index (χ3v) is 3.16. The number of aliphatic carboxylic acids is 1. The van der Waals surface area contributed by atoms with Gasteiger partial charge in [-0.3, -0.25) is 4.79 Å². The van der Waals surface area contributed by atoms with Crippen molar-refractivity contribution >= 4 is 17.6 Å². The van der Waals surface area contributed by atoms with E-state index in [1.807, 2.05) is 0 Å². The Balaban J connectivity index is 1.91. The molecule has 0 aliphatic rings. The number of aryl methyl sites for hydroxylation is 1. The number of carboxylic acids is 1. The van der Waals surface area contributed by atoms with Gasteiger partial charge < -0.3 is 5.11 Å². The van der Waals surface area contributed by atoms with Crippen molar-refractivity contribution in [1.82, 2.24) is 9.97 Å². The van der Waals surface area contributed by atoms with Crippen molar-refractivity contribution in [3.8, 4) is 0 Å². The molecule has 1 rings (SSSR count). The van der Waals surface area contributed by atoms with E-state index in [1.165, 1.54) is 19.3 Å². The molecule has 1 heterocycles. The number of carboxylic acid groups (broad SMARTS) is 1.